The highest BCUT2D eigenvalue weighted by atomic mass is 32.1. The number of ether oxygens (including phenoxy) is 6. The summed E-state index contributed by atoms with van der Waals surface area (Å²) in [4.78, 5) is 150. The molecule has 0 spiro atoms. The summed E-state index contributed by atoms with van der Waals surface area (Å²) in [6, 6.07) is 3.32. The zero-order chi connectivity index (χ0) is 75.2. The second-order valence-electron chi connectivity index (χ2n) is 25.6. The van der Waals surface area contributed by atoms with Crippen molar-refractivity contribution in [1.29, 1.82) is 0 Å². The number of nitrogens with one attached hydrogen (secondary N) is 6. The second kappa shape index (κ2) is 30.8. The predicted molar refractivity (Wildman–Crippen MR) is 382 cm³/mol. The van der Waals surface area contributed by atoms with E-state index >= 15 is 19.2 Å². The van der Waals surface area contributed by atoms with Crippen LogP contribution in [0.5, 0.6) is 5.75 Å². The SMILES string of the molecule is CO/C(C)=C1/NC(=O)[C@H]([C@@H](C)O)NC(=O)c2csc(n2)-c2cc(O)c(-c3nc(C(=O)N[C@@H](C)C(=O)NCCc4ccncc4)cs3)nc2-c2csc(n2)[C@@H]2COC(=O)c3c4c5c(cccc5n3O)COC(=O)[C@@H](O[C@H]3C[C@](C)(O)[C@H](N(C)C)[C@H](C)O3)[C@@H](OC4)[C@H](NC(=O)c3csc1n3)c1nc(cs1)C(=O)N2. The van der Waals surface area contributed by atoms with Gasteiger partial charge in [-0.15, -0.1) is 56.7 Å². The number of pyridine rings is 2. The number of rotatable bonds is 12. The smallest absolute Gasteiger partial charge is 0.358 e. The van der Waals surface area contributed by atoms with Crippen LogP contribution in [0.1, 0.15) is 137 Å². The Balaban J connectivity index is 0.939. The molecule has 0 saturated carbocycles. The number of benzene rings is 1. The van der Waals surface area contributed by atoms with E-state index in [9.17, 15) is 39.7 Å². The molecule has 0 radical (unpaired) electrons. The van der Waals surface area contributed by atoms with E-state index in [0.717, 1.165) is 62.2 Å². The number of carbonyl (C=O) groups is 8. The minimum Gasteiger partial charge on any atom is -0.506 e. The number of carbonyl (C=O) groups excluding carboxylic acids is 8. The van der Waals surface area contributed by atoms with E-state index in [0.29, 0.717) is 16.7 Å². The molecular weight excluding hydrogens is 1480 g/mol. The van der Waals surface area contributed by atoms with Crippen LogP contribution in [0, 0.1) is 0 Å². The lowest BCUT2D eigenvalue weighted by atomic mass is 9.85. The summed E-state index contributed by atoms with van der Waals surface area (Å²) in [5.41, 5.74) is -1.73. The van der Waals surface area contributed by atoms with Crippen molar-refractivity contribution in [2.24, 2.45) is 0 Å². The number of fused-ring (bicyclic) bond motifs is 15. The maximum atomic E-state index is 15.2. The van der Waals surface area contributed by atoms with Crippen LogP contribution in [-0.4, -0.2) is 201 Å². The molecule has 10 N–H and O–H groups in total. The van der Waals surface area contributed by atoms with Crippen molar-refractivity contribution in [2.75, 3.05) is 34.4 Å². The van der Waals surface area contributed by atoms with Gasteiger partial charge >= 0.3 is 11.9 Å². The van der Waals surface area contributed by atoms with Crippen LogP contribution in [0.25, 0.3) is 49.3 Å². The molecule has 9 aromatic rings. The number of methoxy groups -OCH3 is 1. The first-order valence-electron chi connectivity index (χ1n) is 32.9. The summed E-state index contributed by atoms with van der Waals surface area (Å²) in [6.45, 7) is 6.05. The average molecular weight is 1540 g/mol. The number of allylic oxidation sites excluding steroid dienone is 1. The van der Waals surface area contributed by atoms with Crippen LogP contribution in [0.4, 0.5) is 0 Å². The molecule has 0 aliphatic carbocycles. The molecule has 33 nitrogen and oxygen atoms in total. The molecule has 1 saturated heterocycles. The maximum Gasteiger partial charge on any atom is 0.358 e. The number of aromatic nitrogens is 8. The van der Waals surface area contributed by atoms with Crippen LogP contribution in [0.2, 0.25) is 0 Å². The lowest BCUT2D eigenvalue weighted by molar-refractivity contribution is -0.280. The fourth-order valence-corrected chi connectivity index (χ4v) is 17.0. The van der Waals surface area contributed by atoms with Gasteiger partial charge in [0.25, 0.3) is 23.6 Å². The van der Waals surface area contributed by atoms with Crippen molar-refractivity contribution in [2.45, 2.75) is 127 Å². The molecule has 12 heterocycles. The number of aromatic hydroxyl groups is 1. The molecule has 8 aromatic heterocycles. The fourth-order valence-electron chi connectivity index (χ4n) is 12.8. The third kappa shape index (κ3) is 15.2. The monoisotopic (exact) mass is 1540 g/mol. The van der Waals surface area contributed by atoms with Gasteiger partial charge in [0, 0.05) is 68.8 Å². The molecule has 106 heavy (non-hydrogen) atoms. The van der Waals surface area contributed by atoms with Gasteiger partial charge in [-0.3, -0.25) is 33.8 Å². The number of thiazole rings is 5. The van der Waals surface area contributed by atoms with E-state index in [-0.39, 0.29) is 111 Å². The number of hydrogen-bond donors (Lipinski definition) is 10. The van der Waals surface area contributed by atoms with Crippen molar-refractivity contribution in [3.63, 3.8) is 0 Å². The Morgan fingerprint density at radius 1 is 0.821 bits per heavy atom. The average Bonchev–Trinajstić information content (AvgIpc) is 1.57. The molecule has 38 heteroatoms. The van der Waals surface area contributed by atoms with Gasteiger partial charge in [0.05, 0.1) is 43.1 Å². The van der Waals surface area contributed by atoms with E-state index < -0.39 is 145 Å². The molecule has 1 fully saturated rings. The van der Waals surface area contributed by atoms with E-state index in [1.807, 2.05) is 12.1 Å². The zero-order valence-electron chi connectivity index (χ0n) is 57.6. The van der Waals surface area contributed by atoms with Gasteiger partial charge in [-0.05, 0) is 90.5 Å². The first-order chi connectivity index (χ1) is 50.7. The molecule has 1 aromatic carbocycles. The van der Waals surface area contributed by atoms with Crippen molar-refractivity contribution in [1.82, 2.24) is 76.4 Å². The Bertz CT molecular complexity index is 4950. The molecule has 12 bridgehead atoms. The van der Waals surface area contributed by atoms with Crippen LogP contribution < -0.4 is 31.9 Å². The van der Waals surface area contributed by atoms with E-state index in [4.69, 9.17) is 43.4 Å². The van der Waals surface area contributed by atoms with Gasteiger partial charge in [-0.1, -0.05) is 12.1 Å². The third-order valence-electron chi connectivity index (χ3n) is 18.0. The van der Waals surface area contributed by atoms with E-state index in [2.05, 4.69) is 51.8 Å². The number of likely N-dealkylation sites (N-methyl/N-ethyl adjacent to an activating group) is 1. The minimum atomic E-state index is -1.92. The van der Waals surface area contributed by atoms with Crippen LogP contribution >= 0.6 is 56.7 Å². The normalized spacial score (nSPS) is 23.4. The number of nitrogens with zero attached hydrogens (tertiary/aromatic N) is 9. The molecule has 11 atom stereocenters. The largest absolute Gasteiger partial charge is 0.506 e. The van der Waals surface area contributed by atoms with Crippen LogP contribution in [0.3, 0.4) is 0 Å². The Kier molecular flexibility index (Phi) is 21.5. The molecule has 13 rings (SSSR count). The Labute approximate surface area is 622 Å². The van der Waals surface area contributed by atoms with E-state index in [1.54, 1.807) is 57.4 Å². The summed E-state index contributed by atoms with van der Waals surface area (Å²) in [5.74, 6) is -7.54. The quantitative estimate of drug-likeness (QED) is 0.0435. The molecule has 4 aliphatic rings. The number of aliphatic hydroxyl groups is 2. The number of esters is 2. The minimum absolute atomic E-state index is 0.0111. The van der Waals surface area contributed by atoms with E-state index in [1.165, 1.54) is 66.9 Å². The highest BCUT2D eigenvalue weighted by Gasteiger charge is 2.50. The molecule has 554 valence electrons. The summed E-state index contributed by atoms with van der Waals surface area (Å²) in [7, 11) is 4.85. The lowest BCUT2D eigenvalue weighted by Gasteiger charge is -2.48. The Morgan fingerprint density at radius 2 is 1.50 bits per heavy atom. The number of hydrogen-bond acceptors (Lipinski definition) is 31. The zero-order valence-corrected chi connectivity index (χ0v) is 61.7. The first kappa shape index (κ1) is 74.2. The van der Waals surface area contributed by atoms with Gasteiger partial charge in [0.2, 0.25) is 11.8 Å². The summed E-state index contributed by atoms with van der Waals surface area (Å²) in [5, 5.41) is 71.2. The van der Waals surface area contributed by atoms with Crippen LogP contribution in [-0.2, 0) is 62.4 Å². The summed E-state index contributed by atoms with van der Waals surface area (Å²) in [6.07, 6.45) is -3.76. The highest BCUT2D eigenvalue weighted by Crippen LogP contribution is 2.43. The highest BCUT2D eigenvalue weighted by molar-refractivity contribution is 7.14. The predicted octanol–water partition coefficient (Wildman–Crippen LogP) is 5.03. The van der Waals surface area contributed by atoms with Crippen LogP contribution in [0.15, 0.2) is 81.5 Å². The van der Waals surface area contributed by atoms with Gasteiger partial charge in [0.1, 0.15) is 126 Å². The van der Waals surface area contributed by atoms with Gasteiger partial charge in [-0.25, -0.2) is 39.5 Å². The number of cyclic esters (lactones) is 2. The Hall–Kier alpha value is -10.1. The first-order valence-corrected chi connectivity index (χ1v) is 37.3. The summed E-state index contributed by atoms with van der Waals surface area (Å²) < 4.78 is 38.3. The van der Waals surface area contributed by atoms with Crippen molar-refractivity contribution in [3.8, 4) is 38.4 Å². The molecule has 6 amide bonds. The van der Waals surface area contributed by atoms with Gasteiger partial charge in [0.15, 0.2) is 18.1 Å². The number of amides is 6. The third-order valence-corrected chi connectivity index (χ3v) is 22.4. The second-order valence-corrected chi connectivity index (χ2v) is 30.0. The van der Waals surface area contributed by atoms with Gasteiger partial charge < -0.3 is 85.7 Å². The summed E-state index contributed by atoms with van der Waals surface area (Å²) >= 11 is 4.55. The van der Waals surface area contributed by atoms with Gasteiger partial charge in [-0.2, -0.15) is 4.73 Å². The Morgan fingerprint density at radius 3 is 2.24 bits per heavy atom. The lowest BCUT2D eigenvalue weighted by Crippen LogP contribution is -2.62. The molecule has 4 aliphatic heterocycles. The standard InChI is InChI=1S/C68H69N15O18S5/c1-28(55(86)70-17-14-32-12-15-69-16-13-32)71-56(87)38-25-105-64(76-38)49-43(85)18-34-48(78-49)37-23-103-62(73-37)36-22-99-66(92)51-35-21-97-52(53(101-44-19-68(5,94)54(82(6)7)31(4)100-44)67(93)98-20-33-10-9-11-42(45(33)35)83(51)95)50(65-77-39(26-106-65)57(88)72-36)81-59(90)41-27-104-63(75-41)47(30(3)96-8)80-60(91)46(29(2)84)79-58(89)40-24-102-61(34)74-40/h9-13,15-16,18,23-29,31,36,44,46,50,52-54,84-85,94-95H,14,17,19-22H2,1-8H3,(H,70,86)(H,71,87)(H,72,88)(H,79,89)(H,80,91)(H,81,90)/b47-30+/t28-,29+,31-,36-,44-,46-,50-,52-,53-,54+,68-/m0/s1. The van der Waals surface area contributed by atoms with Crippen molar-refractivity contribution in [3.05, 3.63) is 142 Å². The topological polar surface area (TPSA) is 443 Å². The molecular formula is C68H69N15O18S5. The van der Waals surface area contributed by atoms with Crippen molar-refractivity contribution < 1.29 is 87.3 Å². The number of aliphatic hydroxyl groups excluding tert-OH is 1. The van der Waals surface area contributed by atoms with Crippen molar-refractivity contribution >= 4 is 121 Å². The molecule has 0 unspecified atom stereocenters. The fraction of sp³-hybridized carbons (Fsp3) is 0.368. The maximum absolute atomic E-state index is 15.2.